The fourth-order valence-electron chi connectivity index (χ4n) is 2.73. The molecule has 0 aliphatic carbocycles. The number of aliphatic hydroxyl groups is 2. The molecule has 0 fully saturated rings. The second-order valence-corrected chi connectivity index (χ2v) is 6.40. The lowest BCUT2D eigenvalue weighted by Crippen LogP contribution is -2.53. The number of benzene rings is 2. The molecule has 0 saturated heterocycles. The van der Waals surface area contributed by atoms with Crippen molar-refractivity contribution in [3.8, 4) is 0 Å². The first-order valence-electron chi connectivity index (χ1n) is 8.71. The van der Waals surface area contributed by atoms with Crippen molar-refractivity contribution in [2.75, 3.05) is 0 Å². The third-order valence-electron chi connectivity index (χ3n) is 4.23. The average molecular weight is 400 g/mol. The molecule has 0 radical (unpaired) electrons. The van der Waals surface area contributed by atoms with Crippen LogP contribution in [-0.4, -0.2) is 50.9 Å². The fourth-order valence-corrected chi connectivity index (χ4v) is 2.73. The quantitative estimate of drug-likeness (QED) is 0.326. The Kier molecular flexibility index (Phi) is 7.29. The zero-order chi connectivity index (χ0) is 21.6. The van der Waals surface area contributed by atoms with Crippen LogP contribution < -0.4 is 5.32 Å². The van der Waals surface area contributed by atoms with Crippen LogP contribution in [0.4, 0.5) is 5.69 Å². The molecular weight excluding hydrogens is 380 g/mol. The first kappa shape index (κ1) is 21.9. The number of hydrogen-bond acceptors (Lipinski definition) is 7. The highest BCUT2D eigenvalue weighted by Crippen LogP contribution is 2.17. The zero-order valence-corrected chi connectivity index (χ0v) is 15.5. The maximum atomic E-state index is 12.7. The Morgan fingerprint density at radius 3 is 2.10 bits per heavy atom. The van der Waals surface area contributed by atoms with Crippen molar-refractivity contribution in [1.29, 1.82) is 0 Å². The van der Waals surface area contributed by atoms with Crippen LogP contribution in [0.25, 0.3) is 0 Å². The summed E-state index contributed by atoms with van der Waals surface area (Å²) in [6.45, 7) is 1.13. The highest BCUT2D eigenvalue weighted by atomic mass is 16.6. The molecule has 0 aliphatic rings. The van der Waals surface area contributed by atoms with Crippen molar-refractivity contribution in [2.45, 2.75) is 31.6 Å². The van der Waals surface area contributed by atoms with Crippen molar-refractivity contribution in [3.63, 3.8) is 0 Å². The summed E-state index contributed by atoms with van der Waals surface area (Å²) < 4.78 is 0. The van der Waals surface area contributed by atoms with Gasteiger partial charge in [-0.2, -0.15) is 0 Å². The molecule has 9 nitrogen and oxygen atoms in total. The summed E-state index contributed by atoms with van der Waals surface area (Å²) in [4.78, 5) is 46.6. The maximum absolute atomic E-state index is 12.7. The van der Waals surface area contributed by atoms with Gasteiger partial charge in [-0.05, 0) is 12.1 Å². The van der Waals surface area contributed by atoms with E-state index in [0.717, 1.165) is 19.1 Å². The van der Waals surface area contributed by atoms with Gasteiger partial charge in [0.2, 0.25) is 5.91 Å². The first-order chi connectivity index (χ1) is 13.7. The number of nitro groups is 1. The predicted molar refractivity (Wildman–Crippen MR) is 102 cm³/mol. The van der Waals surface area contributed by atoms with Gasteiger partial charge in [0, 0.05) is 36.6 Å². The minimum atomic E-state index is -1.77. The molecule has 1 amide bonds. The standard InChI is InChI=1S/C20H20N2O7/c1-12(23)21-18(19(26)14-7-9-15(10-8-14)22(28)29)20(27)17(25)11-16(24)13-5-3-2-4-6-13/h2-10,17-18,20,25,27H,11H2,1H3,(H,21,23). The van der Waals surface area contributed by atoms with Crippen molar-refractivity contribution in [3.05, 3.63) is 75.8 Å². The molecule has 0 spiro atoms. The number of hydrogen-bond donors (Lipinski definition) is 3. The van der Waals surface area contributed by atoms with Gasteiger partial charge in [-0.15, -0.1) is 0 Å². The van der Waals surface area contributed by atoms with Gasteiger partial charge in [0.25, 0.3) is 5.69 Å². The molecule has 29 heavy (non-hydrogen) atoms. The number of rotatable bonds is 9. The highest BCUT2D eigenvalue weighted by Gasteiger charge is 2.34. The second kappa shape index (κ2) is 9.67. The van der Waals surface area contributed by atoms with Crippen molar-refractivity contribution in [1.82, 2.24) is 5.32 Å². The number of non-ortho nitro benzene ring substituents is 1. The number of nitro benzene ring substituents is 1. The van der Waals surface area contributed by atoms with Gasteiger partial charge in [0.1, 0.15) is 12.1 Å². The van der Waals surface area contributed by atoms with Crippen LogP contribution in [0.1, 0.15) is 34.1 Å². The summed E-state index contributed by atoms with van der Waals surface area (Å²) in [5.74, 6) is -1.83. The van der Waals surface area contributed by atoms with E-state index in [0.29, 0.717) is 5.56 Å². The second-order valence-electron chi connectivity index (χ2n) is 6.40. The summed E-state index contributed by atoms with van der Waals surface area (Å²) in [5, 5.41) is 33.7. The van der Waals surface area contributed by atoms with Gasteiger partial charge >= 0.3 is 0 Å². The van der Waals surface area contributed by atoms with E-state index in [2.05, 4.69) is 5.32 Å². The summed E-state index contributed by atoms with van der Waals surface area (Å²) in [6.07, 6.45) is -3.86. The minimum absolute atomic E-state index is 0.00464. The van der Waals surface area contributed by atoms with Crippen molar-refractivity contribution < 1.29 is 29.5 Å². The van der Waals surface area contributed by atoms with Crippen LogP contribution in [0.5, 0.6) is 0 Å². The summed E-state index contributed by atoms with van der Waals surface area (Å²) in [7, 11) is 0. The number of Topliss-reactive ketones (excluding diaryl/α,β-unsaturated/α-hetero) is 2. The molecule has 9 heteroatoms. The van der Waals surface area contributed by atoms with E-state index < -0.39 is 47.1 Å². The van der Waals surface area contributed by atoms with Crippen LogP contribution in [0.3, 0.4) is 0 Å². The Labute approximate surface area is 166 Å². The Morgan fingerprint density at radius 1 is 1.00 bits per heavy atom. The monoisotopic (exact) mass is 400 g/mol. The Bertz CT molecular complexity index is 897. The third-order valence-corrected chi connectivity index (χ3v) is 4.23. The zero-order valence-electron chi connectivity index (χ0n) is 15.5. The van der Waals surface area contributed by atoms with Crippen molar-refractivity contribution in [2.24, 2.45) is 0 Å². The van der Waals surface area contributed by atoms with Gasteiger partial charge in [-0.1, -0.05) is 30.3 Å². The van der Waals surface area contributed by atoms with E-state index in [-0.39, 0.29) is 11.3 Å². The van der Waals surface area contributed by atoms with E-state index in [1.807, 2.05) is 0 Å². The summed E-state index contributed by atoms with van der Waals surface area (Å²) >= 11 is 0. The van der Waals surface area contributed by atoms with Crippen LogP contribution in [0.15, 0.2) is 54.6 Å². The minimum Gasteiger partial charge on any atom is -0.390 e. The number of carbonyl (C=O) groups is 3. The lowest BCUT2D eigenvalue weighted by atomic mass is 9.93. The largest absolute Gasteiger partial charge is 0.390 e. The molecule has 2 aromatic rings. The van der Waals surface area contributed by atoms with E-state index in [1.165, 1.54) is 12.1 Å². The van der Waals surface area contributed by atoms with E-state index in [1.54, 1.807) is 30.3 Å². The molecule has 3 N–H and O–H groups in total. The van der Waals surface area contributed by atoms with Crippen LogP contribution in [0.2, 0.25) is 0 Å². The van der Waals surface area contributed by atoms with Gasteiger partial charge < -0.3 is 15.5 Å². The Balaban J connectivity index is 2.18. The molecule has 3 unspecified atom stereocenters. The number of amides is 1. The number of carbonyl (C=O) groups excluding carboxylic acids is 3. The average Bonchev–Trinajstić information content (AvgIpc) is 2.71. The SMILES string of the molecule is CC(=O)NC(C(=O)c1ccc([N+](=O)[O-])cc1)C(O)C(O)CC(=O)c1ccccc1. The summed E-state index contributed by atoms with van der Waals surface area (Å²) in [5.41, 5.74) is 0.0955. The van der Waals surface area contributed by atoms with Gasteiger partial charge in [-0.25, -0.2) is 0 Å². The van der Waals surface area contributed by atoms with Crippen LogP contribution in [0, 0.1) is 10.1 Å². The molecule has 0 saturated carbocycles. The van der Waals surface area contributed by atoms with E-state index in [9.17, 15) is 34.7 Å². The smallest absolute Gasteiger partial charge is 0.269 e. The number of nitrogens with zero attached hydrogens (tertiary/aromatic N) is 1. The Morgan fingerprint density at radius 2 is 1.59 bits per heavy atom. The van der Waals surface area contributed by atoms with Gasteiger partial charge in [0.15, 0.2) is 11.6 Å². The topological polar surface area (TPSA) is 147 Å². The highest BCUT2D eigenvalue weighted by molar-refractivity contribution is 6.02. The Hall–Kier alpha value is -3.43. The molecule has 2 rings (SSSR count). The molecule has 0 heterocycles. The lowest BCUT2D eigenvalue weighted by molar-refractivity contribution is -0.384. The normalized spacial score (nSPS) is 13.8. The van der Waals surface area contributed by atoms with E-state index in [4.69, 9.17) is 0 Å². The fraction of sp³-hybridized carbons (Fsp3) is 0.250. The van der Waals surface area contributed by atoms with Crippen molar-refractivity contribution >= 4 is 23.2 Å². The molecule has 2 aromatic carbocycles. The summed E-state index contributed by atoms with van der Waals surface area (Å²) in [6, 6.07) is 11.2. The maximum Gasteiger partial charge on any atom is 0.269 e. The molecule has 0 aliphatic heterocycles. The molecular formula is C20H20N2O7. The molecule has 0 aromatic heterocycles. The molecule has 152 valence electrons. The number of aliphatic hydroxyl groups excluding tert-OH is 2. The number of nitrogens with one attached hydrogen (secondary N) is 1. The molecule has 0 bridgehead atoms. The third kappa shape index (κ3) is 5.77. The van der Waals surface area contributed by atoms with E-state index >= 15 is 0 Å². The van der Waals surface area contributed by atoms with Gasteiger partial charge in [0.05, 0.1) is 11.0 Å². The molecule has 3 atom stereocenters. The lowest BCUT2D eigenvalue weighted by Gasteiger charge is -2.26. The van der Waals surface area contributed by atoms with Gasteiger partial charge in [-0.3, -0.25) is 24.5 Å². The van der Waals surface area contributed by atoms with Crippen LogP contribution >= 0.6 is 0 Å². The number of ketones is 2. The first-order valence-corrected chi connectivity index (χ1v) is 8.71. The van der Waals surface area contributed by atoms with Crippen LogP contribution in [-0.2, 0) is 4.79 Å². The predicted octanol–water partition coefficient (Wildman–Crippen LogP) is 1.28.